The van der Waals surface area contributed by atoms with Crippen LogP contribution in [0.25, 0.3) is 5.69 Å². The lowest BCUT2D eigenvalue weighted by Gasteiger charge is -2.09. The monoisotopic (exact) mass is 377 g/mol. The van der Waals surface area contributed by atoms with Crippen LogP contribution in [0, 0.1) is 0 Å². The zero-order valence-electron chi connectivity index (χ0n) is 15.8. The number of methoxy groups -OCH3 is 1. The molecule has 0 atom stereocenters. The molecule has 0 saturated heterocycles. The summed E-state index contributed by atoms with van der Waals surface area (Å²) in [6, 6.07) is 14.8. The van der Waals surface area contributed by atoms with Crippen molar-refractivity contribution in [1.29, 1.82) is 0 Å². The molecule has 2 N–H and O–H groups in total. The highest BCUT2D eigenvalue weighted by atomic mass is 16.5. The molecule has 6 heteroatoms. The zero-order chi connectivity index (χ0) is 19.5. The number of rotatable bonds is 5. The van der Waals surface area contributed by atoms with Gasteiger partial charge in [-0.05, 0) is 49.6 Å². The molecule has 0 amide bonds. The predicted octanol–water partition coefficient (Wildman–Crippen LogP) is 3.92. The van der Waals surface area contributed by atoms with Gasteiger partial charge >= 0.3 is 5.97 Å². The Hall–Kier alpha value is -3.28. The summed E-state index contributed by atoms with van der Waals surface area (Å²) < 4.78 is 7.41. The number of aromatic nitrogens is 2. The summed E-state index contributed by atoms with van der Waals surface area (Å²) in [5.74, 6) is 0.935. The Balaban J connectivity index is 1.76. The van der Waals surface area contributed by atoms with E-state index < -0.39 is 5.97 Å². The number of aromatic carboxylic acids is 1. The second-order valence-electron chi connectivity index (χ2n) is 6.91. The van der Waals surface area contributed by atoms with Crippen LogP contribution in [0.5, 0.6) is 5.75 Å². The molecule has 0 saturated carbocycles. The minimum Gasteiger partial charge on any atom is -0.496 e. The maximum atomic E-state index is 11.1. The van der Waals surface area contributed by atoms with Gasteiger partial charge in [0.05, 0.1) is 24.1 Å². The average molecular weight is 377 g/mol. The molecular weight excluding hydrogens is 354 g/mol. The first-order valence-electron chi connectivity index (χ1n) is 9.47. The van der Waals surface area contributed by atoms with Crippen LogP contribution in [0.4, 0.5) is 5.82 Å². The average Bonchev–Trinajstić information content (AvgIpc) is 2.89. The molecular formula is C22H23N3O3. The topological polar surface area (TPSA) is 76.4 Å². The van der Waals surface area contributed by atoms with Crippen LogP contribution in [-0.4, -0.2) is 34.5 Å². The number of carboxylic acid groups (broad SMARTS) is 1. The third-order valence-electron chi connectivity index (χ3n) is 5.12. The highest BCUT2D eigenvalue weighted by molar-refractivity contribution is 5.87. The van der Waals surface area contributed by atoms with Crippen molar-refractivity contribution >= 4 is 11.8 Å². The molecule has 3 aromatic rings. The molecule has 6 nitrogen and oxygen atoms in total. The maximum absolute atomic E-state index is 11.1. The Labute approximate surface area is 163 Å². The largest absolute Gasteiger partial charge is 0.496 e. The Morgan fingerprint density at radius 2 is 1.96 bits per heavy atom. The smallest absolute Gasteiger partial charge is 0.335 e. The first-order valence-corrected chi connectivity index (χ1v) is 9.47. The van der Waals surface area contributed by atoms with Gasteiger partial charge < -0.3 is 15.2 Å². The summed E-state index contributed by atoms with van der Waals surface area (Å²) >= 11 is 0. The molecule has 1 aliphatic heterocycles. The minimum absolute atomic E-state index is 0.268. The van der Waals surface area contributed by atoms with Crippen molar-refractivity contribution in [1.82, 2.24) is 9.78 Å². The predicted molar refractivity (Wildman–Crippen MR) is 108 cm³/mol. The van der Waals surface area contributed by atoms with Gasteiger partial charge in [0.2, 0.25) is 0 Å². The molecule has 4 rings (SSSR count). The number of carboxylic acids is 1. The summed E-state index contributed by atoms with van der Waals surface area (Å²) in [6.07, 6.45) is 3.89. The molecule has 2 aromatic carbocycles. The second kappa shape index (κ2) is 7.76. The third kappa shape index (κ3) is 3.45. The lowest BCUT2D eigenvalue weighted by molar-refractivity contribution is 0.0697. The van der Waals surface area contributed by atoms with Crippen molar-refractivity contribution < 1.29 is 14.6 Å². The molecule has 0 aliphatic carbocycles. The highest BCUT2D eigenvalue weighted by Gasteiger charge is 2.21. The van der Waals surface area contributed by atoms with E-state index in [9.17, 15) is 4.79 Å². The number of anilines is 1. The normalized spacial score (nSPS) is 13.3. The van der Waals surface area contributed by atoms with Gasteiger partial charge in [0.25, 0.3) is 0 Å². The summed E-state index contributed by atoms with van der Waals surface area (Å²) in [4.78, 5) is 11.1. The maximum Gasteiger partial charge on any atom is 0.335 e. The molecule has 0 fully saturated rings. The zero-order valence-corrected chi connectivity index (χ0v) is 15.8. The highest BCUT2D eigenvalue weighted by Crippen LogP contribution is 2.31. The molecule has 144 valence electrons. The molecule has 1 aliphatic rings. The number of fused-ring (bicyclic) bond motifs is 1. The Bertz CT molecular complexity index is 993. The summed E-state index contributed by atoms with van der Waals surface area (Å²) in [7, 11) is 1.68. The Morgan fingerprint density at radius 1 is 1.18 bits per heavy atom. The second-order valence-corrected chi connectivity index (χ2v) is 6.91. The summed E-state index contributed by atoms with van der Waals surface area (Å²) in [5, 5.41) is 17.6. The fourth-order valence-electron chi connectivity index (χ4n) is 3.68. The first kappa shape index (κ1) is 18.1. The van der Waals surface area contributed by atoms with E-state index in [1.807, 2.05) is 22.9 Å². The van der Waals surface area contributed by atoms with Gasteiger partial charge in [0, 0.05) is 24.1 Å². The van der Waals surface area contributed by atoms with Gasteiger partial charge in [0.15, 0.2) is 0 Å². The van der Waals surface area contributed by atoms with E-state index in [0.29, 0.717) is 6.42 Å². The number of nitrogens with zero attached hydrogens (tertiary/aromatic N) is 2. The van der Waals surface area contributed by atoms with E-state index in [4.69, 9.17) is 14.9 Å². The van der Waals surface area contributed by atoms with Crippen molar-refractivity contribution in [2.75, 3.05) is 19.0 Å². The van der Waals surface area contributed by atoms with Crippen molar-refractivity contribution in [3.05, 3.63) is 70.9 Å². The van der Waals surface area contributed by atoms with Crippen LogP contribution in [0.1, 0.15) is 40.0 Å². The molecule has 0 bridgehead atoms. The van der Waals surface area contributed by atoms with Crippen LogP contribution < -0.4 is 10.1 Å². The van der Waals surface area contributed by atoms with Crippen LogP contribution in [0.2, 0.25) is 0 Å². The standard InChI is InChI=1S/C22H23N3O3/c1-28-20-8-3-2-6-16(20)14-19-18-7-4-5-13-23-21(18)25(24-19)17-11-9-15(10-12-17)22(26)27/h2-3,6,8-12,23H,4-5,7,13-14H2,1H3,(H,26,27). The number of nitrogens with one attached hydrogen (secondary N) is 1. The number of ether oxygens (including phenoxy) is 1. The Kier molecular flexibility index (Phi) is 5.02. The molecule has 1 aromatic heterocycles. The Morgan fingerprint density at radius 3 is 2.71 bits per heavy atom. The summed E-state index contributed by atoms with van der Waals surface area (Å²) in [6.45, 7) is 0.903. The van der Waals surface area contributed by atoms with Crippen molar-refractivity contribution in [3.63, 3.8) is 0 Å². The van der Waals surface area contributed by atoms with Crippen LogP contribution >= 0.6 is 0 Å². The van der Waals surface area contributed by atoms with Gasteiger partial charge in [-0.25, -0.2) is 9.48 Å². The number of para-hydroxylation sites is 1. The van der Waals surface area contributed by atoms with E-state index in [1.165, 1.54) is 5.56 Å². The molecule has 0 spiro atoms. The van der Waals surface area contributed by atoms with E-state index in [-0.39, 0.29) is 5.56 Å². The molecule has 0 unspecified atom stereocenters. The van der Waals surface area contributed by atoms with Gasteiger partial charge in [-0.3, -0.25) is 0 Å². The number of hydrogen-bond donors (Lipinski definition) is 2. The lowest BCUT2D eigenvalue weighted by Crippen LogP contribution is -2.07. The third-order valence-corrected chi connectivity index (χ3v) is 5.12. The van der Waals surface area contributed by atoms with Crippen LogP contribution in [0.15, 0.2) is 48.5 Å². The number of carbonyl (C=O) groups is 1. The van der Waals surface area contributed by atoms with Crippen molar-refractivity contribution in [3.8, 4) is 11.4 Å². The lowest BCUT2D eigenvalue weighted by atomic mass is 10.0. The fourth-order valence-corrected chi connectivity index (χ4v) is 3.68. The van der Waals surface area contributed by atoms with E-state index in [2.05, 4.69) is 11.4 Å². The van der Waals surface area contributed by atoms with E-state index in [0.717, 1.165) is 54.3 Å². The number of hydrogen-bond acceptors (Lipinski definition) is 4. The SMILES string of the molecule is COc1ccccc1Cc1nn(-c2ccc(C(=O)O)cc2)c2c1CCCCN2. The quantitative estimate of drug-likeness (QED) is 0.705. The van der Waals surface area contributed by atoms with E-state index in [1.54, 1.807) is 31.4 Å². The fraction of sp³-hybridized carbons (Fsp3) is 0.273. The molecule has 0 radical (unpaired) electrons. The molecule has 28 heavy (non-hydrogen) atoms. The van der Waals surface area contributed by atoms with Gasteiger partial charge in [-0.1, -0.05) is 18.2 Å². The van der Waals surface area contributed by atoms with Crippen LogP contribution in [-0.2, 0) is 12.8 Å². The molecule has 2 heterocycles. The van der Waals surface area contributed by atoms with Gasteiger partial charge in [0.1, 0.15) is 11.6 Å². The van der Waals surface area contributed by atoms with Gasteiger partial charge in [-0.2, -0.15) is 5.10 Å². The number of benzene rings is 2. The van der Waals surface area contributed by atoms with Crippen molar-refractivity contribution in [2.24, 2.45) is 0 Å². The first-order chi connectivity index (χ1) is 13.7. The van der Waals surface area contributed by atoms with Crippen LogP contribution in [0.3, 0.4) is 0 Å². The van der Waals surface area contributed by atoms with E-state index >= 15 is 0 Å². The minimum atomic E-state index is -0.930. The summed E-state index contributed by atoms with van der Waals surface area (Å²) in [5.41, 5.74) is 4.47. The van der Waals surface area contributed by atoms with Crippen molar-refractivity contribution in [2.45, 2.75) is 25.7 Å². The van der Waals surface area contributed by atoms with Gasteiger partial charge in [-0.15, -0.1) is 0 Å².